The van der Waals surface area contributed by atoms with Crippen LogP contribution in [0.3, 0.4) is 0 Å². The van der Waals surface area contributed by atoms with Crippen LogP contribution in [0.15, 0.2) is 24.3 Å². The Labute approximate surface area is 142 Å². The van der Waals surface area contributed by atoms with Gasteiger partial charge >= 0.3 is 0 Å². The second-order valence-corrected chi connectivity index (χ2v) is 6.70. The third-order valence-corrected chi connectivity index (χ3v) is 4.38. The van der Waals surface area contributed by atoms with Crippen molar-refractivity contribution in [3.63, 3.8) is 0 Å². The van der Waals surface area contributed by atoms with E-state index in [2.05, 4.69) is 10.2 Å². The molecule has 130 valence electrons. The number of amides is 2. The molecule has 0 saturated carbocycles. The molecular weight excluding hydrogens is 306 g/mol. The number of hydrogen-bond acceptors (Lipinski definition) is 4. The van der Waals surface area contributed by atoms with Crippen LogP contribution in [-0.2, 0) is 14.3 Å². The molecular formula is C18H25N3O3. The first-order valence-electron chi connectivity index (χ1n) is 8.59. The second-order valence-electron chi connectivity index (χ2n) is 6.70. The molecule has 0 radical (unpaired) electrons. The van der Waals surface area contributed by atoms with E-state index in [1.165, 1.54) is 0 Å². The Bertz CT molecular complexity index is 609. The van der Waals surface area contributed by atoms with Crippen LogP contribution < -0.4 is 10.2 Å². The number of morpholine rings is 1. The van der Waals surface area contributed by atoms with E-state index in [1.54, 1.807) is 4.90 Å². The van der Waals surface area contributed by atoms with Crippen molar-refractivity contribution >= 4 is 23.2 Å². The molecule has 0 bridgehead atoms. The van der Waals surface area contributed by atoms with Crippen molar-refractivity contribution in [2.24, 2.45) is 0 Å². The Morgan fingerprint density at radius 3 is 2.71 bits per heavy atom. The summed E-state index contributed by atoms with van der Waals surface area (Å²) in [5.74, 6) is 0.107. The lowest BCUT2D eigenvalue weighted by Crippen LogP contribution is -2.48. The molecule has 2 saturated heterocycles. The number of anilines is 2. The number of hydrogen-bond donors (Lipinski definition) is 1. The fourth-order valence-electron chi connectivity index (χ4n) is 3.49. The normalized spacial score (nSPS) is 25.1. The molecule has 6 nitrogen and oxygen atoms in total. The van der Waals surface area contributed by atoms with Crippen molar-refractivity contribution in [2.75, 3.05) is 36.4 Å². The van der Waals surface area contributed by atoms with Crippen LogP contribution in [0, 0.1) is 0 Å². The lowest BCUT2D eigenvalue weighted by atomic mass is 10.2. The topological polar surface area (TPSA) is 61.9 Å². The van der Waals surface area contributed by atoms with Crippen molar-refractivity contribution < 1.29 is 14.3 Å². The van der Waals surface area contributed by atoms with Crippen LogP contribution in [0.4, 0.5) is 11.4 Å². The fraction of sp³-hybridized carbons (Fsp3) is 0.556. The van der Waals surface area contributed by atoms with Gasteiger partial charge in [-0.1, -0.05) is 6.07 Å². The molecule has 1 N–H and O–H groups in total. The van der Waals surface area contributed by atoms with Gasteiger partial charge in [0.2, 0.25) is 11.8 Å². The van der Waals surface area contributed by atoms with E-state index in [0.29, 0.717) is 13.0 Å². The van der Waals surface area contributed by atoms with Crippen LogP contribution in [0.1, 0.15) is 26.7 Å². The average molecular weight is 331 g/mol. The van der Waals surface area contributed by atoms with Gasteiger partial charge in [0.1, 0.15) is 0 Å². The van der Waals surface area contributed by atoms with Crippen LogP contribution in [0.25, 0.3) is 0 Å². The van der Waals surface area contributed by atoms with Crippen LogP contribution in [0.5, 0.6) is 0 Å². The molecule has 2 amide bonds. The van der Waals surface area contributed by atoms with E-state index >= 15 is 0 Å². The maximum absolute atomic E-state index is 12.3. The van der Waals surface area contributed by atoms with Crippen molar-refractivity contribution in [1.82, 2.24) is 4.90 Å². The highest BCUT2D eigenvalue weighted by Gasteiger charge is 2.24. The summed E-state index contributed by atoms with van der Waals surface area (Å²) in [6.45, 7) is 6.68. The Morgan fingerprint density at radius 1 is 1.29 bits per heavy atom. The van der Waals surface area contributed by atoms with E-state index in [0.717, 1.165) is 37.4 Å². The summed E-state index contributed by atoms with van der Waals surface area (Å²) >= 11 is 0. The summed E-state index contributed by atoms with van der Waals surface area (Å²) in [5.41, 5.74) is 1.58. The summed E-state index contributed by atoms with van der Waals surface area (Å²) in [5, 5.41) is 2.94. The summed E-state index contributed by atoms with van der Waals surface area (Å²) in [6.07, 6.45) is 1.78. The molecule has 24 heavy (non-hydrogen) atoms. The predicted molar refractivity (Wildman–Crippen MR) is 93.1 cm³/mol. The van der Waals surface area contributed by atoms with Gasteiger partial charge in [0.25, 0.3) is 0 Å². The first-order valence-corrected chi connectivity index (χ1v) is 8.59. The highest BCUT2D eigenvalue weighted by atomic mass is 16.5. The van der Waals surface area contributed by atoms with Gasteiger partial charge in [-0.15, -0.1) is 0 Å². The van der Waals surface area contributed by atoms with Gasteiger partial charge in [-0.05, 0) is 38.5 Å². The van der Waals surface area contributed by atoms with Gasteiger partial charge in [0, 0.05) is 37.4 Å². The molecule has 6 heteroatoms. The fourth-order valence-corrected chi connectivity index (χ4v) is 3.49. The van der Waals surface area contributed by atoms with Crippen LogP contribution >= 0.6 is 0 Å². The molecule has 0 spiro atoms. The number of carbonyl (C=O) groups is 2. The smallest absolute Gasteiger partial charge is 0.238 e. The third-order valence-electron chi connectivity index (χ3n) is 4.38. The number of nitrogens with one attached hydrogen (secondary N) is 1. The van der Waals surface area contributed by atoms with Crippen LogP contribution in [0.2, 0.25) is 0 Å². The number of carbonyl (C=O) groups excluding carboxylic acids is 2. The van der Waals surface area contributed by atoms with E-state index in [9.17, 15) is 9.59 Å². The monoisotopic (exact) mass is 331 g/mol. The van der Waals surface area contributed by atoms with E-state index in [-0.39, 0.29) is 24.0 Å². The first kappa shape index (κ1) is 16.9. The Balaban J connectivity index is 1.59. The molecule has 2 fully saturated rings. The number of ether oxygens (including phenoxy) is 1. The van der Waals surface area contributed by atoms with Crippen molar-refractivity contribution in [3.05, 3.63) is 24.3 Å². The molecule has 2 aliphatic rings. The molecule has 2 atom stereocenters. The molecule has 1 aromatic carbocycles. The second kappa shape index (κ2) is 7.32. The molecule has 0 aromatic heterocycles. The average Bonchev–Trinajstić information content (AvgIpc) is 2.92. The highest BCUT2D eigenvalue weighted by Crippen LogP contribution is 2.24. The maximum Gasteiger partial charge on any atom is 0.238 e. The van der Waals surface area contributed by atoms with E-state index < -0.39 is 0 Å². The first-order chi connectivity index (χ1) is 11.5. The van der Waals surface area contributed by atoms with Gasteiger partial charge in [-0.2, -0.15) is 0 Å². The van der Waals surface area contributed by atoms with Crippen LogP contribution in [-0.4, -0.2) is 55.1 Å². The quantitative estimate of drug-likeness (QED) is 0.915. The molecule has 2 heterocycles. The molecule has 0 aliphatic carbocycles. The minimum absolute atomic E-state index is 0.0406. The van der Waals surface area contributed by atoms with E-state index in [1.807, 2.05) is 38.1 Å². The summed E-state index contributed by atoms with van der Waals surface area (Å²) in [7, 11) is 0. The highest BCUT2D eigenvalue weighted by molar-refractivity contribution is 5.97. The molecule has 1 aromatic rings. The lowest BCUT2D eigenvalue weighted by molar-refractivity contribution is -0.121. The molecule has 3 rings (SSSR count). The number of nitrogens with zero attached hydrogens (tertiary/aromatic N) is 2. The molecule has 2 aliphatic heterocycles. The minimum Gasteiger partial charge on any atom is -0.373 e. The van der Waals surface area contributed by atoms with Gasteiger partial charge in [-0.3, -0.25) is 14.5 Å². The maximum atomic E-state index is 12.3. The SMILES string of the molecule is C[C@@H]1CN(CC(=O)Nc2cccc(N3CCCC3=O)c2)C[C@@H](C)O1. The Kier molecular flexibility index (Phi) is 5.16. The molecule has 0 unspecified atom stereocenters. The Hall–Kier alpha value is -1.92. The Morgan fingerprint density at radius 2 is 2.04 bits per heavy atom. The van der Waals surface area contributed by atoms with Gasteiger partial charge in [0.05, 0.1) is 18.8 Å². The standard InChI is InChI=1S/C18H25N3O3/c1-13-10-20(11-14(2)24-13)12-17(22)19-15-5-3-6-16(9-15)21-8-4-7-18(21)23/h3,5-6,9,13-14H,4,7-8,10-12H2,1-2H3,(H,19,22)/t13-,14-/m1/s1. The summed E-state index contributed by atoms with van der Waals surface area (Å²) < 4.78 is 5.69. The largest absolute Gasteiger partial charge is 0.373 e. The summed E-state index contributed by atoms with van der Waals surface area (Å²) in [4.78, 5) is 28.1. The minimum atomic E-state index is -0.0406. The van der Waals surface area contributed by atoms with Crippen molar-refractivity contribution in [1.29, 1.82) is 0 Å². The van der Waals surface area contributed by atoms with Gasteiger partial charge < -0.3 is 15.0 Å². The van der Waals surface area contributed by atoms with Crippen molar-refractivity contribution in [2.45, 2.75) is 38.9 Å². The number of benzene rings is 1. The van der Waals surface area contributed by atoms with E-state index in [4.69, 9.17) is 4.74 Å². The zero-order valence-corrected chi connectivity index (χ0v) is 14.3. The van der Waals surface area contributed by atoms with Crippen molar-refractivity contribution in [3.8, 4) is 0 Å². The predicted octanol–water partition coefficient (Wildman–Crippen LogP) is 1.86. The number of rotatable bonds is 4. The zero-order valence-electron chi connectivity index (χ0n) is 14.3. The third kappa shape index (κ3) is 4.13. The zero-order chi connectivity index (χ0) is 17.1. The van der Waals surface area contributed by atoms with Gasteiger partial charge in [-0.25, -0.2) is 0 Å². The summed E-state index contributed by atoms with van der Waals surface area (Å²) in [6, 6.07) is 7.50. The lowest BCUT2D eigenvalue weighted by Gasteiger charge is -2.34. The van der Waals surface area contributed by atoms with Gasteiger partial charge in [0.15, 0.2) is 0 Å².